The third kappa shape index (κ3) is 83.6. The van der Waals surface area contributed by atoms with Crippen molar-refractivity contribution >= 4 is 19.8 Å². The molecule has 0 aromatic rings. The number of rotatable bonds is 79. The highest BCUT2D eigenvalue weighted by molar-refractivity contribution is 7.47. The predicted molar refractivity (Wildman–Crippen MR) is 436 cm³/mol. The van der Waals surface area contributed by atoms with Crippen molar-refractivity contribution in [2.75, 3.05) is 47.5 Å². The Morgan fingerprint density at radius 1 is 0.310 bits per heavy atom. The fourth-order valence-electron chi connectivity index (χ4n) is 12.4. The fraction of sp³-hybridized carbons (Fsp3) is 0.778. The quantitative estimate of drug-likeness (QED) is 0.0211. The molecule has 0 aromatic carbocycles. The van der Waals surface area contributed by atoms with Crippen molar-refractivity contribution < 1.29 is 42.1 Å². The molecule has 100 heavy (non-hydrogen) atoms. The number of hydrogen-bond acceptors (Lipinski definition) is 7. The van der Waals surface area contributed by atoms with E-state index >= 15 is 0 Å². The van der Waals surface area contributed by atoms with E-state index in [-0.39, 0.29) is 25.6 Å². The second-order valence-corrected chi connectivity index (χ2v) is 31.3. The standard InChI is InChI=1S/C90H162NO8P/c1-6-8-10-12-14-16-18-20-22-24-26-28-30-32-34-36-38-40-42-44-45-47-49-51-53-55-57-59-61-63-65-67-69-71-73-75-77-79-81-83-90(93)99-88(87-98-100(94,95)97-85-84-91(3,4)5)86-96-89(92)82-80-78-76-74-72-70-68-66-64-62-60-58-56-54-52-50-48-46-43-41-39-37-35-33-31-29-27-25-23-21-19-17-15-13-11-9-7-2/h8-11,14-17,20-23,26-29,32,34,88H,6-7,12-13,18-19,24-25,30-31,33,35-87H2,1-5H3/p+1/b10-8-,11-9-,16-14-,17-15-,22-20-,23-21-,28-26-,29-27-,34-32-. The van der Waals surface area contributed by atoms with Gasteiger partial charge in [0.25, 0.3) is 0 Å². The van der Waals surface area contributed by atoms with Crippen LogP contribution < -0.4 is 0 Å². The number of phosphoric ester groups is 1. The predicted octanol–water partition coefficient (Wildman–Crippen LogP) is 28.7. The van der Waals surface area contributed by atoms with Crippen molar-refractivity contribution in [1.82, 2.24) is 0 Å². The minimum absolute atomic E-state index is 0.0324. The van der Waals surface area contributed by atoms with Crippen molar-refractivity contribution in [1.29, 1.82) is 0 Å². The average molecular weight is 1420 g/mol. The second kappa shape index (κ2) is 79.8. The lowest BCUT2D eigenvalue weighted by Crippen LogP contribution is -2.37. The number of nitrogens with zero attached hydrogens (tertiary/aromatic N) is 1. The van der Waals surface area contributed by atoms with E-state index in [4.69, 9.17) is 18.5 Å². The summed E-state index contributed by atoms with van der Waals surface area (Å²) in [7, 11) is 1.49. The van der Waals surface area contributed by atoms with Crippen LogP contribution in [0.25, 0.3) is 0 Å². The van der Waals surface area contributed by atoms with E-state index in [1.807, 2.05) is 21.1 Å². The smallest absolute Gasteiger partial charge is 0.462 e. The molecule has 0 aliphatic rings. The molecule has 10 heteroatoms. The maximum atomic E-state index is 12.9. The first-order valence-electron chi connectivity index (χ1n) is 42.6. The normalized spacial score (nSPS) is 13.5. The Morgan fingerprint density at radius 3 is 0.800 bits per heavy atom. The molecule has 2 unspecified atom stereocenters. The van der Waals surface area contributed by atoms with E-state index in [9.17, 15) is 19.0 Å². The molecule has 0 fully saturated rings. The number of carbonyl (C=O) groups is 2. The van der Waals surface area contributed by atoms with Crippen LogP contribution in [-0.4, -0.2) is 74.9 Å². The highest BCUT2D eigenvalue weighted by atomic mass is 31.2. The van der Waals surface area contributed by atoms with Crippen molar-refractivity contribution in [3.8, 4) is 0 Å². The molecule has 0 aromatic heterocycles. The fourth-order valence-corrected chi connectivity index (χ4v) is 13.1. The first kappa shape index (κ1) is 96.7. The Bertz CT molecular complexity index is 2060. The van der Waals surface area contributed by atoms with Crippen LogP contribution in [0.3, 0.4) is 0 Å². The topological polar surface area (TPSA) is 108 Å². The summed E-state index contributed by atoms with van der Waals surface area (Å²) in [6.45, 7) is 4.27. The average Bonchev–Trinajstić information content (AvgIpc) is 1.07. The van der Waals surface area contributed by atoms with Crippen molar-refractivity contribution in [2.45, 2.75) is 405 Å². The Labute approximate surface area is 620 Å². The molecule has 0 radical (unpaired) electrons. The Balaban J connectivity index is 3.88. The minimum atomic E-state index is -4.40. The lowest BCUT2D eigenvalue weighted by molar-refractivity contribution is -0.870. The summed E-state index contributed by atoms with van der Waals surface area (Å²) in [4.78, 5) is 36.0. The van der Waals surface area contributed by atoms with Crippen molar-refractivity contribution in [3.05, 3.63) is 109 Å². The zero-order chi connectivity index (χ0) is 72.5. The SMILES string of the molecule is CC/C=C\C/C=C\C/C=C\C/C=C\C/C=C\CCCCCCCCCCCCCCCCCCCCCCCCCC(=O)OC(COC(=O)CCCCCCCCCCCCCCCCCCCCCCCCCC/C=C\C/C=C\C/C=C\C/C=C\CC)COP(=O)(O)OCC[N+](C)(C)C. The van der Waals surface area contributed by atoms with E-state index in [2.05, 4.69) is 123 Å². The van der Waals surface area contributed by atoms with Gasteiger partial charge in [-0.15, -0.1) is 0 Å². The molecule has 580 valence electrons. The highest BCUT2D eigenvalue weighted by Gasteiger charge is 2.27. The third-order valence-corrected chi connectivity index (χ3v) is 19.8. The zero-order valence-corrected chi connectivity index (χ0v) is 67.3. The third-order valence-electron chi connectivity index (χ3n) is 18.8. The number of phosphoric acid groups is 1. The van der Waals surface area contributed by atoms with Gasteiger partial charge in [-0.3, -0.25) is 18.6 Å². The number of esters is 2. The lowest BCUT2D eigenvalue weighted by atomic mass is 10.0. The van der Waals surface area contributed by atoms with E-state index in [1.165, 1.54) is 276 Å². The molecule has 0 saturated heterocycles. The van der Waals surface area contributed by atoms with E-state index in [0.29, 0.717) is 23.9 Å². The molecule has 9 nitrogen and oxygen atoms in total. The van der Waals surface area contributed by atoms with Gasteiger partial charge in [0.05, 0.1) is 27.7 Å². The molecular weight excluding hydrogens is 1250 g/mol. The van der Waals surface area contributed by atoms with Crippen LogP contribution in [0.4, 0.5) is 0 Å². The lowest BCUT2D eigenvalue weighted by Gasteiger charge is -2.24. The summed E-state index contributed by atoms with van der Waals surface area (Å²) in [6, 6.07) is 0. The summed E-state index contributed by atoms with van der Waals surface area (Å²) in [5.41, 5.74) is 0. The summed E-state index contributed by atoms with van der Waals surface area (Å²) < 4.78 is 34.9. The number of carbonyl (C=O) groups excluding carboxylic acids is 2. The second-order valence-electron chi connectivity index (χ2n) is 29.8. The van der Waals surface area contributed by atoms with Gasteiger partial charge in [-0.1, -0.05) is 399 Å². The maximum absolute atomic E-state index is 12.9. The number of unbranched alkanes of at least 4 members (excludes halogenated alkanes) is 47. The van der Waals surface area contributed by atoms with Crippen LogP contribution in [-0.2, 0) is 32.7 Å². The van der Waals surface area contributed by atoms with Gasteiger partial charge >= 0.3 is 19.8 Å². The van der Waals surface area contributed by atoms with Gasteiger partial charge in [0, 0.05) is 12.8 Å². The molecule has 0 saturated carbocycles. The molecule has 1 N–H and O–H groups in total. The Hall–Kier alpha value is -3.33. The largest absolute Gasteiger partial charge is 0.472 e. The first-order chi connectivity index (χ1) is 49.0. The van der Waals surface area contributed by atoms with Crippen LogP contribution in [0.5, 0.6) is 0 Å². The van der Waals surface area contributed by atoms with Gasteiger partial charge in [0.2, 0.25) is 0 Å². The number of quaternary nitrogens is 1. The van der Waals surface area contributed by atoms with Gasteiger partial charge in [-0.25, -0.2) is 4.57 Å². The van der Waals surface area contributed by atoms with Gasteiger partial charge in [0.15, 0.2) is 6.10 Å². The van der Waals surface area contributed by atoms with Crippen LogP contribution in [0, 0.1) is 0 Å². The number of hydrogen-bond donors (Lipinski definition) is 1. The van der Waals surface area contributed by atoms with Crippen LogP contribution >= 0.6 is 7.82 Å². The number of likely N-dealkylation sites (N-methyl/N-ethyl adjacent to an activating group) is 1. The summed E-state index contributed by atoms with van der Waals surface area (Å²) in [6.07, 6.45) is 114. The van der Waals surface area contributed by atoms with Crippen molar-refractivity contribution in [3.63, 3.8) is 0 Å². The minimum Gasteiger partial charge on any atom is -0.462 e. The van der Waals surface area contributed by atoms with Gasteiger partial charge in [-0.05, 0) is 96.3 Å². The number of ether oxygens (including phenoxy) is 2. The summed E-state index contributed by atoms with van der Waals surface area (Å²) in [5.74, 6) is -0.776. The van der Waals surface area contributed by atoms with E-state index in [0.717, 1.165) is 89.9 Å². The molecule has 0 rings (SSSR count). The van der Waals surface area contributed by atoms with E-state index < -0.39 is 26.5 Å². The maximum Gasteiger partial charge on any atom is 0.472 e. The zero-order valence-electron chi connectivity index (χ0n) is 66.4. The van der Waals surface area contributed by atoms with Crippen LogP contribution in [0.15, 0.2) is 109 Å². The molecular formula is C90H163NO8P+. The molecule has 0 aliphatic carbocycles. The van der Waals surface area contributed by atoms with E-state index in [1.54, 1.807) is 0 Å². The summed E-state index contributed by atoms with van der Waals surface area (Å²) >= 11 is 0. The van der Waals surface area contributed by atoms with Gasteiger partial charge in [-0.2, -0.15) is 0 Å². The van der Waals surface area contributed by atoms with Crippen LogP contribution in [0.1, 0.15) is 399 Å². The molecule has 0 spiro atoms. The van der Waals surface area contributed by atoms with Crippen LogP contribution in [0.2, 0.25) is 0 Å². The Kier molecular flexibility index (Phi) is 77.1. The molecule has 0 bridgehead atoms. The molecule has 0 heterocycles. The van der Waals surface area contributed by atoms with Gasteiger partial charge in [0.1, 0.15) is 19.8 Å². The summed E-state index contributed by atoms with van der Waals surface area (Å²) in [5, 5.41) is 0. The molecule has 0 amide bonds. The first-order valence-corrected chi connectivity index (χ1v) is 44.1. The Morgan fingerprint density at radius 2 is 0.540 bits per heavy atom. The number of allylic oxidation sites excluding steroid dienone is 18. The van der Waals surface area contributed by atoms with Crippen molar-refractivity contribution in [2.24, 2.45) is 0 Å². The monoisotopic (exact) mass is 1420 g/mol. The van der Waals surface area contributed by atoms with Gasteiger partial charge < -0.3 is 18.9 Å². The molecule has 0 aliphatic heterocycles. The highest BCUT2D eigenvalue weighted by Crippen LogP contribution is 2.43. The molecule has 2 atom stereocenters.